The van der Waals surface area contributed by atoms with E-state index in [9.17, 15) is 14.7 Å². The number of nitrogens with one attached hydrogen (secondary N) is 1. The second kappa shape index (κ2) is 10.3. The van der Waals surface area contributed by atoms with E-state index in [1.807, 2.05) is 30.3 Å². The van der Waals surface area contributed by atoms with Crippen molar-refractivity contribution in [1.82, 2.24) is 34.4 Å². The number of fused-ring (bicyclic) bond motifs is 5. The van der Waals surface area contributed by atoms with Crippen molar-refractivity contribution in [3.05, 3.63) is 94.3 Å². The van der Waals surface area contributed by atoms with E-state index in [2.05, 4.69) is 32.1 Å². The molecule has 6 heterocycles. The average Bonchev–Trinajstić information content (AvgIpc) is 3.36. The van der Waals surface area contributed by atoms with Crippen molar-refractivity contribution in [2.75, 3.05) is 25.4 Å². The van der Waals surface area contributed by atoms with E-state index in [0.29, 0.717) is 40.2 Å². The minimum atomic E-state index is -1.11. The van der Waals surface area contributed by atoms with Crippen LogP contribution in [0, 0.1) is 17.8 Å². The number of carbonyl (C=O) groups is 1. The van der Waals surface area contributed by atoms with Gasteiger partial charge in [0.25, 0.3) is 11.5 Å². The molecule has 216 valence electrons. The third-order valence-corrected chi connectivity index (χ3v) is 8.46. The highest BCUT2D eigenvalue weighted by Crippen LogP contribution is 2.35. The Morgan fingerprint density at radius 3 is 2.67 bits per heavy atom. The van der Waals surface area contributed by atoms with Gasteiger partial charge in [-0.25, -0.2) is 14.5 Å². The third-order valence-electron chi connectivity index (χ3n) is 8.46. The molecular formula is C32H30N8O3. The largest absolute Gasteiger partial charge is 0.381 e. The summed E-state index contributed by atoms with van der Waals surface area (Å²) in [6.07, 6.45) is 5.04. The van der Waals surface area contributed by atoms with E-state index in [1.54, 1.807) is 43.6 Å². The third kappa shape index (κ3) is 4.61. The fourth-order valence-electron chi connectivity index (χ4n) is 6.28. The summed E-state index contributed by atoms with van der Waals surface area (Å²) in [5.74, 6) is 6.28. The first-order valence-electron chi connectivity index (χ1n) is 14.3. The molecule has 3 aliphatic rings. The van der Waals surface area contributed by atoms with Gasteiger partial charge in [-0.1, -0.05) is 36.1 Å². The number of aromatic nitrogens is 5. The number of para-hydroxylation sites is 1. The Labute approximate surface area is 247 Å². The fraction of sp³-hybridized carbons (Fsp3) is 0.281. The average molecular weight is 575 g/mol. The molecule has 3 aliphatic heterocycles. The van der Waals surface area contributed by atoms with Gasteiger partial charge in [0.15, 0.2) is 11.5 Å². The first-order chi connectivity index (χ1) is 20.8. The highest BCUT2D eigenvalue weighted by molar-refractivity contribution is 6.04. The van der Waals surface area contributed by atoms with Gasteiger partial charge in [0, 0.05) is 30.4 Å². The van der Waals surface area contributed by atoms with Crippen LogP contribution in [0.2, 0.25) is 0 Å². The number of nitrogens with zero attached hydrogens (tertiary/aromatic N) is 6. The van der Waals surface area contributed by atoms with E-state index in [-0.39, 0.29) is 22.9 Å². The van der Waals surface area contributed by atoms with Crippen LogP contribution in [-0.2, 0) is 0 Å². The number of hydrogen-bond acceptors (Lipinski definition) is 8. The normalized spacial score (nSPS) is 21.8. The number of aliphatic hydroxyl groups is 1. The maximum Gasteiger partial charge on any atom is 0.267 e. The van der Waals surface area contributed by atoms with Crippen molar-refractivity contribution in [2.24, 2.45) is 5.92 Å². The minimum Gasteiger partial charge on any atom is -0.381 e. The molecule has 11 heteroatoms. The second-order valence-corrected chi connectivity index (χ2v) is 11.2. The molecule has 8 rings (SSSR count). The van der Waals surface area contributed by atoms with E-state index in [1.165, 1.54) is 9.08 Å². The van der Waals surface area contributed by atoms with Crippen LogP contribution in [-0.4, -0.2) is 65.3 Å². The first kappa shape index (κ1) is 26.8. The van der Waals surface area contributed by atoms with Gasteiger partial charge < -0.3 is 16.2 Å². The molecule has 0 aliphatic carbocycles. The number of amides is 1. The van der Waals surface area contributed by atoms with E-state index in [4.69, 9.17) is 10.7 Å². The maximum absolute atomic E-state index is 14.3. The SMILES string of the molecule is C[C@@H](NC(=O)c1c(N)nn2cccnc12)c1nc2cccc(C#CC3(O)CN4CCC3CC4)c2c(=O)n1-c1ccccc1. The molecule has 3 aromatic heterocycles. The smallest absolute Gasteiger partial charge is 0.267 e. The Balaban J connectivity index is 1.32. The molecule has 2 bridgehead atoms. The van der Waals surface area contributed by atoms with Crippen LogP contribution < -0.4 is 16.6 Å². The molecule has 1 unspecified atom stereocenters. The van der Waals surface area contributed by atoms with Gasteiger partial charge in [-0.2, -0.15) is 0 Å². The number of anilines is 1. The number of rotatable bonds is 4. The maximum atomic E-state index is 14.3. The van der Waals surface area contributed by atoms with Crippen LogP contribution in [0.25, 0.3) is 22.2 Å². The summed E-state index contributed by atoms with van der Waals surface area (Å²) in [5.41, 5.74) is 6.64. The number of nitrogens with two attached hydrogens (primary N) is 1. The Morgan fingerprint density at radius 1 is 1.14 bits per heavy atom. The Bertz CT molecular complexity index is 2000. The van der Waals surface area contributed by atoms with Crippen LogP contribution in [0.5, 0.6) is 0 Å². The zero-order chi connectivity index (χ0) is 29.7. The topological polar surface area (TPSA) is 144 Å². The van der Waals surface area contributed by atoms with Gasteiger partial charge in [-0.05, 0) is 63.2 Å². The first-order valence-corrected chi connectivity index (χ1v) is 14.3. The molecule has 2 atom stereocenters. The van der Waals surface area contributed by atoms with Gasteiger partial charge in [0.05, 0.1) is 22.6 Å². The van der Waals surface area contributed by atoms with Crippen LogP contribution in [0.1, 0.15) is 47.6 Å². The molecule has 3 fully saturated rings. The predicted octanol–water partition coefficient (Wildman–Crippen LogP) is 2.31. The highest BCUT2D eigenvalue weighted by atomic mass is 16.3. The fourth-order valence-corrected chi connectivity index (χ4v) is 6.28. The Kier molecular flexibility index (Phi) is 6.45. The van der Waals surface area contributed by atoms with Crippen molar-refractivity contribution in [1.29, 1.82) is 0 Å². The zero-order valence-electron chi connectivity index (χ0n) is 23.6. The molecule has 11 nitrogen and oxygen atoms in total. The number of benzene rings is 2. The summed E-state index contributed by atoms with van der Waals surface area (Å²) >= 11 is 0. The van der Waals surface area contributed by atoms with Crippen molar-refractivity contribution in [3.63, 3.8) is 0 Å². The minimum absolute atomic E-state index is 0.0446. The predicted molar refractivity (Wildman–Crippen MR) is 162 cm³/mol. The Morgan fingerprint density at radius 2 is 1.93 bits per heavy atom. The van der Waals surface area contributed by atoms with Gasteiger partial charge in [-0.15, -0.1) is 5.10 Å². The molecule has 1 amide bonds. The van der Waals surface area contributed by atoms with Gasteiger partial charge in [0.1, 0.15) is 17.0 Å². The summed E-state index contributed by atoms with van der Waals surface area (Å²) in [5, 5.41) is 18.9. The van der Waals surface area contributed by atoms with Crippen LogP contribution in [0.4, 0.5) is 5.82 Å². The van der Waals surface area contributed by atoms with Crippen LogP contribution in [0.15, 0.2) is 71.8 Å². The standard InChI is InChI=1S/C32H30N8O3/c1-20(35-30(41)26-27(33)37-39-16-6-15-34-29(26)39)28-36-24-10-5-7-21(11-14-32(43)19-38-17-12-22(32)13-18-38)25(24)31(42)40(28)23-8-3-2-4-9-23/h2-10,15-16,20,22,43H,12-13,17-19H2,1H3,(H2,33,37)(H,35,41)/t20-,32?/m1/s1. The summed E-state index contributed by atoms with van der Waals surface area (Å²) in [6.45, 7) is 4.22. The lowest BCUT2D eigenvalue weighted by molar-refractivity contribution is -0.0713. The van der Waals surface area contributed by atoms with Crippen molar-refractivity contribution in [2.45, 2.75) is 31.4 Å². The second-order valence-electron chi connectivity index (χ2n) is 11.2. The van der Waals surface area contributed by atoms with E-state index >= 15 is 0 Å². The lowest BCUT2D eigenvalue weighted by atomic mass is 9.75. The molecule has 3 saturated heterocycles. The van der Waals surface area contributed by atoms with Crippen molar-refractivity contribution in [3.8, 4) is 17.5 Å². The Hall–Kier alpha value is -5.05. The number of nitrogen functional groups attached to an aromatic ring is 1. The summed E-state index contributed by atoms with van der Waals surface area (Å²) in [4.78, 5) is 39.1. The number of carbonyl (C=O) groups excluding carboxylic acids is 1. The molecule has 0 saturated carbocycles. The summed E-state index contributed by atoms with van der Waals surface area (Å²) in [7, 11) is 0. The lowest BCUT2D eigenvalue weighted by Gasteiger charge is -2.47. The number of hydrogen-bond donors (Lipinski definition) is 3. The summed E-state index contributed by atoms with van der Waals surface area (Å²) < 4.78 is 2.94. The molecule has 0 spiro atoms. The quantitative estimate of drug-likeness (QED) is 0.278. The molecule has 4 N–H and O–H groups in total. The van der Waals surface area contributed by atoms with Crippen molar-refractivity contribution < 1.29 is 9.90 Å². The zero-order valence-corrected chi connectivity index (χ0v) is 23.6. The van der Waals surface area contributed by atoms with E-state index < -0.39 is 17.6 Å². The molecule has 2 aromatic carbocycles. The number of piperidine rings is 3. The monoisotopic (exact) mass is 574 g/mol. The molecule has 5 aromatic rings. The molecule has 0 radical (unpaired) electrons. The summed E-state index contributed by atoms with van der Waals surface area (Å²) in [6, 6.07) is 15.5. The van der Waals surface area contributed by atoms with Crippen LogP contribution >= 0.6 is 0 Å². The lowest BCUT2D eigenvalue weighted by Crippen LogP contribution is -2.58. The molecular weight excluding hydrogens is 544 g/mol. The molecule has 43 heavy (non-hydrogen) atoms. The highest BCUT2D eigenvalue weighted by Gasteiger charge is 2.44. The van der Waals surface area contributed by atoms with E-state index in [0.717, 1.165) is 25.9 Å². The van der Waals surface area contributed by atoms with Gasteiger partial charge in [-0.3, -0.25) is 19.1 Å². The van der Waals surface area contributed by atoms with Crippen LogP contribution in [0.3, 0.4) is 0 Å². The van der Waals surface area contributed by atoms with Gasteiger partial charge in [0.2, 0.25) is 0 Å². The van der Waals surface area contributed by atoms with Gasteiger partial charge >= 0.3 is 0 Å². The van der Waals surface area contributed by atoms with Crippen molar-refractivity contribution >= 4 is 28.3 Å².